The minimum absolute atomic E-state index is 0.426. The van der Waals surface area contributed by atoms with E-state index in [0.717, 1.165) is 0 Å². The quantitative estimate of drug-likeness (QED) is 0.492. The van der Waals surface area contributed by atoms with Gasteiger partial charge >= 0.3 is 0 Å². The first kappa shape index (κ1) is 12.8. The highest BCUT2D eigenvalue weighted by Crippen LogP contribution is 2.11. The fraction of sp³-hybridized carbons (Fsp3) is 1.00. The van der Waals surface area contributed by atoms with Crippen LogP contribution in [0.3, 0.4) is 0 Å². The number of rotatable bonds is 6. The van der Waals surface area contributed by atoms with Crippen molar-refractivity contribution in [1.29, 1.82) is 0 Å². The lowest BCUT2D eigenvalue weighted by Gasteiger charge is -2.29. The molecule has 4 atom stereocenters. The summed E-state index contributed by atoms with van der Waals surface area (Å²) >= 11 is 0. The van der Waals surface area contributed by atoms with Gasteiger partial charge in [-0.25, -0.2) is 0 Å². The van der Waals surface area contributed by atoms with E-state index < -0.39 is 31.0 Å². The Morgan fingerprint density at radius 1 is 1.08 bits per heavy atom. The van der Waals surface area contributed by atoms with E-state index in [0.29, 0.717) is 0 Å². The molecule has 0 amide bonds. The smallest absolute Gasteiger partial charge is 0.114 e. The lowest BCUT2D eigenvalue weighted by atomic mass is 10.0. The van der Waals surface area contributed by atoms with Crippen molar-refractivity contribution in [2.24, 2.45) is 0 Å². The van der Waals surface area contributed by atoms with Crippen LogP contribution in [-0.4, -0.2) is 60.6 Å². The van der Waals surface area contributed by atoms with Gasteiger partial charge in [-0.1, -0.05) is 0 Å². The SMILES string of the molecule is CO[C@H]([C@H](OC)[C@H](C)O)[C@H](O)CO. The highest BCUT2D eigenvalue weighted by molar-refractivity contribution is 4.81. The van der Waals surface area contributed by atoms with Crippen LogP contribution < -0.4 is 0 Å². The summed E-state index contributed by atoms with van der Waals surface area (Å²) in [5.74, 6) is 0. The Kier molecular flexibility index (Phi) is 6.19. The van der Waals surface area contributed by atoms with Crippen molar-refractivity contribution < 1.29 is 24.8 Å². The van der Waals surface area contributed by atoms with E-state index in [-0.39, 0.29) is 0 Å². The molecule has 0 aromatic heterocycles. The van der Waals surface area contributed by atoms with Crippen LogP contribution in [0.5, 0.6) is 0 Å². The Morgan fingerprint density at radius 2 is 1.54 bits per heavy atom. The number of aliphatic hydroxyl groups is 3. The van der Waals surface area contributed by atoms with Crippen LogP contribution in [0.25, 0.3) is 0 Å². The predicted octanol–water partition coefficient (Wildman–Crippen LogP) is -1.25. The fourth-order valence-electron chi connectivity index (χ4n) is 1.22. The van der Waals surface area contributed by atoms with E-state index in [4.69, 9.17) is 14.6 Å². The molecule has 80 valence electrons. The van der Waals surface area contributed by atoms with Crippen LogP contribution in [0.4, 0.5) is 0 Å². The minimum Gasteiger partial charge on any atom is -0.394 e. The molecule has 0 fully saturated rings. The average Bonchev–Trinajstić information content (AvgIpc) is 2.12. The second-order valence-corrected chi connectivity index (χ2v) is 2.89. The van der Waals surface area contributed by atoms with Crippen LogP contribution in [0.15, 0.2) is 0 Å². The summed E-state index contributed by atoms with van der Waals surface area (Å²) in [7, 11) is 2.80. The molecule has 0 aliphatic heterocycles. The van der Waals surface area contributed by atoms with Crippen LogP contribution in [-0.2, 0) is 9.47 Å². The third kappa shape index (κ3) is 3.58. The van der Waals surface area contributed by atoms with E-state index in [1.807, 2.05) is 0 Å². The predicted molar refractivity (Wildman–Crippen MR) is 46.4 cm³/mol. The van der Waals surface area contributed by atoms with Gasteiger partial charge in [0.25, 0.3) is 0 Å². The van der Waals surface area contributed by atoms with Gasteiger partial charge in [-0.15, -0.1) is 0 Å². The molecule has 5 heteroatoms. The first-order valence-electron chi connectivity index (χ1n) is 4.11. The summed E-state index contributed by atoms with van der Waals surface area (Å²) < 4.78 is 9.86. The zero-order chi connectivity index (χ0) is 10.4. The zero-order valence-corrected chi connectivity index (χ0v) is 8.17. The van der Waals surface area contributed by atoms with Crippen molar-refractivity contribution >= 4 is 0 Å². The van der Waals surface area contributed by atoms with Gasteiger partial charge in [0.1, 0.15) is 18.3 Å². The van der Waals surface area contributed by atoms with Gasteiger partial charge in [0.15, 0.2) is 0 Å². The van der Waals surface area contributed by atoms with E-state index in [9.17, 15) is 10.2 Å². The molecule has 0 aromatic carbocycles. The molecule has 0 unspecified atom stereocenters. The van der Waals surface area contributed by atoms with Gasteiger partial charge in [-0.05, 0) is 6.92 Å². The monoisotopic (exact) mass is 194 g/mol. The molecule has 5 nitrogen and oxygen atoms in total. The van der Waals surface area contributed by atoms with Gasteiger partial charge in [-0.2, -0.15) is 0 Å². The normalized spacial score (nSPS) is 20.8. The lowest BCUT2D eigenvalue weighted by molar-refractivity contribution is -0.138. The van der Waals surface area contributed by atoms with Crippen molar-refractivity contribution in [3.63, 3.8) is 0 Å². The highest BCUT2D eigenvalue weighted by Gasteiger charge is 2.31. The molecule has 0 spiro atoms. The second kappa shape index (κ2) is 6.28. The second-order valence-electron chi connectivity index (χ2n) is 2.89. The largest absolute Gasteiger partial charge is 0.394 e. The number of methoxy groups -OCH3 is 2. The number of ether oxygens (including phenoxy) is 2. The Morgan fingerprint density at radius 3 is 1.77 bits per heavy atom. The molecular weight excluding hydrogens is 176 g/mol. The van der Waals surface area contributed by atoms with Gasteiger partial charge < -0.3 is 24.8 Å². The highest BCUT2D eigenvalue weighted by atomic mass is 16.5. The third-order valence-electron chi connectivity index (χ3n) is 1.91. The average molecular weight is 194 g/mol. The Hall–Kier alpha value is -0.200. The maximum Gasteiger partial charge on any atom is 0.114 e. The Balaban J connectivity index is 4.33. The molecule has 0 aromatic rings. The Bertz CT molecular complexity index is 128. The van der Waals surface area contributed by atoms with Gasteiger partial charge in [0.2, 0.25) is 0 Å². The molecule has 0 aliphatic carbocycles. The first-order valence-corrected chi connectivity index (χ1v) is 4.11. The van der Waals surface area contributed by atoms with Gasteiger partial charge in [0, 0.05) is 14.2 Å². The number of hydrogen-bond donors (Lipinski definition) is 3. The first-order chi connectivity index (χ1) is 6.08. The van der Waals surface area contributed by atoms with E-state index in [1.54, 1.807) is 0 Å². The van der Waals surface area contributed by atoms with Crippen molar-refractivity contribution in [2.75, 3.05) is 20.8 Å². The van der Waals surface area contributed by atoms with Crippen molar-refractivity contribution in [3.05, 3.63) is 0 Å². The van der Waals surface area contributed by atoms with Crippen LogP contribution in [0.2, 0.25) is 0 Å². The number of aliphatic hydroxyl groups excluding tert-OH is 3. The summed E-state index contributed by atoms with van der Waals surface area (Å²) in [6.45, 7) is 1.11. The Labute approximate surface area is 77.9 Å². The molecule has 0 aliphatic rings. The summed E-state index contributed by atoms with van der Waals surface area (Å²) in [6, 6.07) is 0. The van der Waals surface area contributed by atoms with Crippen molar-refractivity contribution in [3.8, 4) is 0 Å². The van der Waals surface area contributed by atoms with E-state index >= 15 is 0 Å². The third-order valence-corrected chi connectivity index (χ3v) is 1.91. The minimum atomic E-state index is -1.05. The molecule has 3 N–H and O–H groups in total. The number of hydrogen-bond acceptors (Lipinski definition) is 5. The zero-order valence-electron chi connectivity index (χ0n) is 8.17. The van der Waals surface area contributed by atoms with Crippen LogP contribution >= 0.6 is 0 Å². The maximum absolute atomic E-state index is 9.30. The lowest BCUT2D eigenvalue weighted by Crippen LogP contribution is -2.47. The van der Waals surface area contributed by atoms with Gasteiger partial charge in [-0.3, -0.25) is 0 Å². The summed E-state index contributed by atoms with van der Waals surface area (Å²) in [5, 5.41) is 27.3. The van der Waals surface area contributed by atoms with Crippen LogP contribution in [0.1, 0.15) is 6.92 Å². The molecule has 0 radical (unpaired) electrons. The standard InChI is InChI=1S/C8H18O5/c1-5(10)7(12-2)8(13-3)6(11)4-9/h5-11H,4H2,1-3H3/t5-,6+,7+,8-/m0/s1. The molecule has 0 bridgehead atoms. The van der Waals surface area contributed by atoms with Gasteiger partial charge in [0.05, 0.1) is 12.7 Å². The molecule has 0 saturated carbocycles. The molecule has 13 heavy (non-hydrogen) atoms. The van der Waals surface area contributed by atoms with Crippen LogP contribution in [0, 0.1) is 0 Å². The maximum atomic E-state index is 9.30. The summed E-state index contributed by atoms with van der Waals surface area (Å²) in [4.78, 5) is 0. The molecular formula is C8H18O5. The molecule has 0 heterocycles. The van der Waals surface area contributed by atoms with E-state index in [1.165, 1.54) is 21.1 Å². The summed E-state index contributed by atoms with van der Waals surface area (Å²) in [5.41, 5.74) is 0. The molecule has 0 rings (SSSR count). The summed E-state index contributed by atoms with van der Waals surface area (Å²) in [6.07, 6.45) is -3.19. The van der Waals surface area contributed by atoms with Crippen molar-refractivity contribution in [2.45, 2.75) is 31.3 Å². The molecule has 0 saturated heterocycles. The topological polar surface area (TPSA) is 79.2 Å². The van der Waals surface area contributed by atoms with E-state index in [2.05, 4.69) is 0 Å². The van der Waals surface area contributed by atoms with Crippen molar-refractivity contribution in [1.82, 2.24) is 0 Å². The fourth-order valence-corrected chi connectivity index (χ4v) is 1.22.